The van der Waals surface area contributed by atoms with Gasteiger partial charge < -0.3 is 15.2 Å². The highest BCUT2D eigenvalue weighted by Crippen LogP contribution is 2.54. The Balaban J connectivity index is 1.24. The van der Waals surface area contributed by atoms with Gasteiger partial charge in [-0.3, -0.25) is 4.79 Å². The number of carbonyl (C=O) groups excluding carboxylic acids is 1. The molecule has 0 radical (unpaired) electrons. The summed E-state index contributed by atoms with van der Waals surface area (Å²) in [5, 5.41) is 21.0. The summed E-state index contributed by atoms with van der Waals surface area (Å²) in [7, 11) is 0. The Bertz CT molecular complexity index is 1110. The minimum atomic E-state index is -0.624. The minimum Gasteiger partial charge on any atom is -0.438 e. The van der Waals surface area contributed by atoms with Gasteiger partial charge in [0.2, 0.25) is 5.88 Å². The lowest BCUT2D eigenvalue weighted by Gasteiger charge is -2.35. The molecule has 2 aliphatic rings. The van der Waals surface area contributed by atoms with E-state index in [0.29, 0.717) is 52.6 Å². The first kappa shape index (κ1) is 19.9. The maximum atomic E-state index is 12.9. The highest BCUT2D eigenvalue weighted by molar-refractivity contribution is 5.96. The van der Waals surface area contributed by atoms with Crippen LogP contribution in [0, 0.1) is 23.7 Å². The summed E-state index contributed by atoms with van der Waals surface area (Å²) in [5.74, 6) is 2.47. The molecule has 2 aromatic heterocycles. The first-order valence-electron chi connectivity index (χ1n) is 10.7. The molecule has 8 heteroatoms. The van der Waals surface area contributed by atoms with Gasteiger partial charge in [0.05, 0.1) is 5.60 Å². The Kier molecular flexibility index (Phi) is 4.89. The van der Waals surface area contributed by atoms with Crippen molar-refractivity contribution >= 4 is 16.9 Å². The molecule has 0 spiro atoms. The van der Waals surface area contributed by atoms with E-state index < -0.39 is 5.60 Å². The summed E-state index contributed by atoms with van der Waals surface area (Å²) in [6.07, 6.45) is 4.84. The molecule has 8 nitrogen and oxygen atoms in total. The normalized spacial score (nSPS) is 25.1. The number of carbonyl (C=O) groups is 1. The summed E-state index contributed by atoms with van der Waals surface area (Å²) >= 11 is 0. The molecule has 31 heavy (non-hydrogen) atoms. The molecule has 1 aromatic carbocycles. The lowest BCUT2D eigenvalue weighted by Crippen LogP contribution is -2.38. The van der Waals surface area contributed by atoms with Crippen LogP contribution in [-0.2, 0) is 0 Å². The third-order valence-electron chi connectivity index (χ3n) is 6.89. The van der Waals surface area contributed by atoms with Crippen LogP contribution in [0.4, 0.5) is 0 Å². The van der Waals surface area contributed by atoms with Crippen LogP contribution >= 0.6 is 0 Å². The van der Waals surface area contributed by atoms with E-state index in [4.69, 9.17) is 9.37 Å². The van der Waals surface area contributed by atoms with Crippen molar-refractivity contribution in [2.75, 3.05) is 6.54 Å². The van der Waals surface area contributed by atoms with Gasteiger partial charge >= 0.3 is 0 Å². The van der Waals surface area contributed by atoms with Crippen LogP contribution in [0.25, 0.3) is 11.0 Å². The zero-order valence-electron chi connectivity index (χ0n) is 17.6. The van der Waals surface area contributed by atoms with Crippen molar-refractivity contribution in [3.8, 4) is 11.6 Å². The number of amides is 1. The number of rotatable bonds is 6. The molecule has 5 rings (SSSR count). The summed E-state index contributed by atoms with van der Waals surface area (Å²) in [4.78, 5) is 17.2. The van der Waals surface area contributed by atoms with Gasteiger partial charge in [-0.2, -0.15) is 0 Å². The highest BCUT2D eigenvalue weighted by atomic mass is 16.6. The predicted octanol–water partition coefficient (Wildman–Crippen LogP) is 3.57. The van der Waals surface area contributed by atoms with Gasteiger partial charge in [-0.1, -0.05) is 0 Å². The predicted molar refractivity (Wildman–Crippen MR) is 113 cm³/mol. The summed E-state index contributed by atoms with van der Waals surface area (Å²) in [6, 6.07) is 8.59. The average Bonchev–Trinajstić information content (AvgIpc) is 3.47. The van der Waals surface area contributed by atoms with Crippen molar-refractivity contribution in [1.29, 1.82) is 0 Å². The molecule has 2 aliphatic carbocycles. The Morgan fingerprint density at radius 2 is 2.03 bits per heavy atom. The lowest BCUT2D eigenvalue weighted by atomic mass is 9.75. The fraction of sp³-hybridized carbons (Fsp3) is 0.478. The number of hydrogen-bond donors (Lipinski definition) is 2. The molecular weight excluding hydrogens is 396 g/mol. The first-order valence-corrected chi connectivity index (χ1v) is 10.7. The molecular formula is C23H26N4O4. The van der Waals surface area contributed by atoms with E-state index in [1.165, 1.54) is 0 Å². The fourth-order valence-corrected chi connectivity index (χ4v) is 5.41. The fourth-order valence-electron chi connectivity index (χ4n) is 5.41. The molecule has 2 heterocycles. The van der Waals surface area contributed by atoms with Crippen LogP contribution < -0.4 is 10.1 Å². The molecule has 0 aliphatic heterocycles. The lowest BCUT2D eigenvalue weighted by molar-refractivity contribution is -0.0134. The summed E-state index contributed by atoms with van der Waals surface area (Å²) in [5.41, 5.74) is 0.961. The molecule has 2 N–H and O–H groups in total. The number of nitrogens with zero attached hydrogens (tertiary/aromatic N) is 3. The SMILES string of the molecule is CC(C)(O)C1CC2CC1CC2CNC(=O)c1cccnc1Oc1ccc2nonc2c1. The average molecular weight is 422 g/mol. The van der Waals surface area contributed by atoms with Gasteiger partial charge in [-0.05, 0) is 91.4 Å². The molecule has 0 saturated heterocycles. The maximum absolute atomic E-state index is 12.9. The standard InChI is InChI=1S/C23H26N4O4/c1-23(2,29)18-10-13-8-14(18)9-15(13)12-25-21(28)17-4-3-7-24-22(17)30-16-5-6-19-20(11-16)27-31-26-19/h3-7,11,13-15,18,29H,8-10,12H2,1-2H3,(H,25,28). The van der Waals surface area contributed by atoms with Crippen LogP contribution in [0.5, 0.6) is 11.6 Å². The van der Waals surface area contributed by atoms with Crippen molar-refractivity contribution in [1.82, 2.24) is 20.6 Å². The zero-order valence-corrected chi connectivity index (χ0v) is 17.6. The van der Waals surface area contributed by atoms with Gasteiger partial charge in [0.1, 0.15) is 22.3 Å². The Labute approximate surface area is 180 Å². The monoisotopic (exact) mass is 422 g/mol. The number of aliphatic hydroxyl groups is 1. The van der Waals surface area contributed by atoms with Crippen molar-refractivity contribution < 1.29 is 19.3 Å². The van der Waals surface area contributed by atoms with E-state index in [1.807, 2.05) is 13.8 Å². The van der Waals surface area contributed by atoms with Gasteiger partial charge in [-0.15, -0.1) is 0 Å². The Morgan fingerprint density at radius 1 is 1.19 bits per heavy atom. The van der Waals surface area contributed by atoms with E-state index in [-0.39, 0.29) is 11.8 Å². The second-order valence-corrected chi connectivity index (χ2v) is 9.33. The van der Waals surface area contributed by atoms with E-state index in [9.17, 15) is 9.90 Å². The van der Waals surface area contributed by atoms with Crippen molar-refractivity contribution in [3.05, 3.63) is 42.1 Å². The smallest absolute Gasteiger partial charge is 0.256 e. The Hall–Kier alpha value is -3.00. The first-order chi connectivity index (χ1) is 14.9. The number of fused-ring (bicyclic) bond motifs is 3. The van der Waals surface area contributed by atoms with Crippen LogP contribution in [0.3, 0.4) is 0 Å². The van der Waals surface area contributed by atoms with Gasteiger partial charge in [-0.25, -0.2) is 9.61 Å². The molecule has 4 unspecified atom stereocenters. The van der Waals surface area contributed by atoms with Crippen molar-refractivity contribution in [2.45, 2.75) is 38.7 Å². The quantitative estimate of drug-likeness (QED) is 0.625. The van der Waals surface area contributed by atoms with E-state index in [2.05, 4.69) is 20.6 Å². The topological polar surface area (TPSA) is 110 Å². The van der Waals surface area contributed by atoms with Crippen LogP contribution in [0.1, 0.15) is 43.5 Å². The van der Waals surface area contributed by atoms with E-state index in [1.54, 1.807) is 36.5 Å². The molecule has 3 aromatic rings. The third kappa shape index (κ3) is 3.87. The molecule has 2 fully saturated rings. The summed E-state index contributed by atoms with van der Waals surface area (Å²) in [6.45, 7) is 4.45. The van der Waals surface area contributed by atoms with Gasteiger partial charge in [0.15, 0.2) is 0 Å². The molecule has 162 valence electrons. The number of ether oxygens (including phenoxy) is 1. The molecule has 4 atom stereocenters. The number of aromatic nitrogens is 3. The molecule has 1 amide bonds. The van der Waals surface area contributed by atoms with Crippen LogP contribution in [0.15, 0.2) is 41.2 Å². The second-order valence-electron chi connectivity index (χ2n) is 9.33. The number of hydrogen-bond acceptors (Lipinski definition) is 7. The van der Waals surface area contributed by atoms with E-state index in [0.717, 1.165) is 19.3 Å². The maximum Gasteiger partial charge on any atom is 0.256 e. The van der Waals surface area contributed by atoms with Crippen molar-refractivity contribution in [2.24, 2.45) is 23.7 Å². The third-order valence-corrected chi connectivity index (χ3v) is 6.89. The van der Waals surface area contributed by atoms with Gasteiger partial charge in [0, 0.05) is 18.8 Å². The van der Waals surface area contributed by atoms with Crippen LogP contribution in [-0.4, -0.2) is 38.5 Å². The summed E-state index contributed by atoms with van der Waals surface area (Å²) < 4.78 is 10.6. The molecule has 2 saturated carbocycles. The van der Waals surface area contributed by atoms with Crippen LogP contribution in [0.2, 0.25) is 0 Å². The highest BCUT2D eigenvalue weighted by Gasteiger charge is 2.50. The van der Waals surface area contributed by atoms with Crippen molar-refractivity contribution in [3.63, 3.8) is 0 Å². The number of benzene rings is 1. The molecule has 2 bridgehead atoms. The van der Waals surface area contributed by atoms with Gasteiger partial charge in [0.25, 0.3) is 5.91 Å². The minimum absolute atomic E-state index is 0.200. The zero-order chi connectivity index (χ0) is 21.6. The Morgan fingerprint density at radius 3 is 2.81 bits per heavy atom. The number of nitrogens with one attached hydrogen (secondary N) is 1. The van der Waals surface area contributed by atoms with E-state index >= 15 is 0 Å². The second kappa shape index (κ2) is 7.60. The number of pyridine rings is 1. The largest absolute Gasteiger partial charge is 0.438 e.